The summed E-state index contributed by atoms with van der Waals surface area (Å²) in [5.41, 5.74) is 2.02. The van der Waals surface area contributed by atoms with Crippen LogP contribution in [0.3, 0.4) is 0 Å². The second-order valence-corrected chi connectivity index (χ2v) is 8.29. The molecule has 8 nitrogen and oxygen atoms in total. The average molecular weight is 487 g/mol. The van der Waals surface area contributed by atoms with Crippen molar-refractivity contribution in [1.82, 2.24) is 24.5 Å². The molecule has 0 aliphatic carbocycles. The van der Waals surface area contributed by atoms with Crippen molar-refractivity contribution in [1.29, 1.82) is 0 Å². The third-order valence-corrected chi connectivity index (χ3v) is 6.08. The number of fused-ring (bicyclic) bond motifs is 1. The Balaban J connectivity index is 1.49. The van der Waals surface area contributed by atoms with E-state index in [1.165, 1.54) is 12.1 Å². The van der Waals surface area contributed by atoms with Gasteiger partial charge in [-0.2, -0.15) is 5.10 Å². The molecule has 2 atom stereocenters. The molecule has 0 saturated heterocycles. The van der Waals surface area contributed by atoms with E-state index >= 15 is 0 Å². The lowest BCUT2D eigenvalue weighted by Crippen LogP contribution is -2.26. The Bertz CT molecular complexity index is 1470. The van der Waals surface area contributed by atoms with Gasteiger partial charge in [-0.1, -0.05) is 23.2 Å². The summed E-state index contributed by atoms with van der Waals surface area (Å²) in [6, 6.07) is 4.41. The lowest BCUT2D eigenvalue weighted by atomic mass is 10.1. The second kappa shape index (κ2) is 8.49. The standard InChI is InChI=1S/C22H17Cl2FN6O2/c1-12(19-16(23)2-3-17(25)20(19)24)33-31-18-8-13(9-27-21(18)29-22(31)32)14-10-28-30(11-14)15-4-6-26-7-5-15/h2-4,6-12,15H,5H2,1H3,(H,27,29,32). The molecule has 1 aliphatic heterocycles. The fraction of sp³-hybridized carbons (Fsp3) is 0.182. The molecule has 11 heteroatoms. The SMILES string of the molecule is CC(On1c(=O)[nH]c2ncc(-c3cnn(C4C=CN=CC4)c3)cc21)c1c(Cl)ccc(F)c1Cl. The third-order valence-electron chi connectivity index (χ3n) is 5.37. The number of nitrogens with one attached hydrogen (secondary N) is 1. The molecular weight excluding hydrogens is 470 g/mol. The highest BCUT2D eigenvalue weighted by atomic mass is 35.5. The number of benzene rings is 1. The van der Waals surface area contributed by atoms with E-state index in [1.54, 1.807) is 31.6 Å². The van der Waals surface area contributed by atoms with Gasteiger partial charge in [-0.25, -0.2) is 14.2 Å². The first kappa shape index (κ1) is 21.4. The van der Waals surface area contributed by atoms with Crippen LogP contribution < -0.4 is 10.5 Å². The Morgan fingerprint density at radius 2 is 2.12 bits per heavy atom. The van der Waals surface area contributed by atoms with Crippen LogP contribution in [-0.2, 0) is 0 Å². The molecule has 0 bridgehead atoms. The number of imidazole rings is 1. The summed E-state index contributed by atoms with van der Waals surface area (Å²) in [4.78, 5) is 29.5. The molecule has 5 rings (SSSR count). The van der Waals surface area contributed by atoms with E-state index < -0.39 is 17.6 Å². The molecule has 4 aromatic rings. The number of rotatable bonds is 5. The number of halogens is 3. The van der Waals surface area contributed by atoms with Gasteiger partial charge in [0.2, 0.25) is 0 Å². The summed E-state index contributed by atoms with van der Waals surface area (Å²) < 4.78 is 16.9. The van der Waals surface area contributed by atoms with Crippen LogP contribution >= 0.6 is 23.2 Å². The van der Waals surface area contributed by atoms with Crippen molar-refractivity contribution in [3.8, 4) is 11.1 Å². The molecule has 0 spiro atoms. The predicted octanol–water partition coefficient (Wildman–Crippen LogP) is 4.75. The van der Waals surface area contributed by atoms with Gasteiger partial charge < -0.3 is 4.84 Å². The van der Waals surface area contributed by atoms with Crippen molar-refractivity contribution in [3.63, 3.8) is 0 Å². The molecule has 0 saturated carbocycles. The van der Waals surface area contributed by atoms with Gasteiger partial charge in [0.05, 0.1) is 17.3 Å². The van der Waals surface area contributed by atoms with Crippen LogP contribution in [0.25, 0.3) is 22.3 Å². The normalized spacial score (nSPS) is 16.4. The molecule has 2 unspecified atom stereocenters. The number of aliphatic imine (C=N–C) groups is 1. The monoisotopic (exact) mass is 486 g/mol. The largest absolute Gasteiger partial charge is 0.401 e. The maximum atomic E-state index is 14.0. The first-order valence-corrected chi connectivity index (χ1v) is 10.8. The minimum absolute atomic E-state index is 0.0864. The lowest BCUT2D eigenvalue weighted by molar-refractivity contribution is 0.0492. The first-order valence-electron chi connectivity index (χ1n) is 10.1. The van der Waals surface area contributed by atoms with Gasteiger partial charge in [0.15, 0.2) is 11.8 Å². The molecule has 1 N–H and O–H groups in total. The highest BCUT2D eigenvalue weighted by molar-refractivity contribution is 6.36. The maximum absolute atomic E-state index is 14.0. The second-order valence-electron chi connectivity index (χ2n) is 7.51. The summed E-state index contributed by atoms with van der Waals surface area (Å²) >= 11 is 12.3. The molecular formula is C22H17Cl2FN6O2. The molecule has 4 heterocycles. The van der Waals surface area contributed by atoms with Crippen LogP contribution in [0.5, 0.6) is 0 Å². The van der Waals surface area contributed by atoms with Crippen LogP contribution in [0.2, 0.25) is 10.0 Å². The van der Waals surface area contributed by atoms with Crippen molar-refractivity contribution < 1.29 is 9.23 Å². The maximum Gasteiger partial charge on any atom is 0.360 e. The van der Waals surface area contributed by atoms with Crippen LogP contribution in [0.15, 0.2) is 58.9 Å². The van der Waals surface area contributed by atoms with Crippen molar-refractivity contribution in [2.45, 2.75) is 25.5 Å². The molecule has 0 amide bonds. The minimum Gasteiger partial charge on any atom is -0.401 e. The van der Waals surface area contributed by atoms with E-state index in [9.17, 15) is 9.18 Å². The molecule has 0 fully saturated rings. The molecule has 0 radical (unpaired) electrons. The van der Waals surface area contributed by atoms with E-state index in [0.717, 1.165) is 22.3 Å². The number of hydrogen-bond acceptors (Lipinski definition) is 5. The van der Waals surface area contributed by atoms with Gasteiger partial charge in [0, 0.05) is 52.9 Å². The van der Waals surface area contributed by atoms with Gasteiger partial charge in [0.1, 0.15) is 11.3 Å². The Morgan fingerprint density at radius 1 is 1.27 bits per heavy atom. The summed E-state index contributed by atoms with van der Waals surface area (Å²) in [6.07, 6.45) is 10.8. The quantitative estimate of drug-likeness (QED) is 0.412. The van der Waals surface area contributed by atoms with Gasteiger partial charge in [-0.15, -0.1) is 4.73 Å². The van der Waals surface area contributed by atoms with Crippen molar-refractivity contribution >= 4 is 40.6 Å². The number of pyridine rings is 1. The van der Waals surface area contributed by atoms with Gasteiger partial charge in [0.25, 0.3) is 0 Å². The highest BCUT2D eigenvalue weighted by Crippen LogP contribution is 2.33. The Labute approximate surface area is 196 Å². The van der Waals surface area contributed by atoms with Gasteiger partial charge >= 0.3 is 5.69 Å². The highest BCUT2D eigenvalue weighted by Gasteiger charge is 2.21. The number of hydrogen-bond donors (Lipinski definition) is 1. The van der Waals surface area contributed by atoms with E-state index in [2.05, 4.69) is 20.1 Å². The Morgan fingerprint density at radius 3 is 2.91 bits per heavy atom. The van der Waals surface area contributed by atoms with E-state index in [-0.39, 0.29) is 21.7 Å². The number of nitrogens with zero attached hydrogens (tertiary/aromatic N) is 5. The molecule has 3 aromatic heterocycles. The predicted molar refractivity (Wildman–Crippen MR) is 124 cm³/mol. The number of aromatic amines is 1. The van der Waals surface area contributed by atoms with Crippen molar-refractivity contribution in [2.24, 2.45) is 4.99 Å². The number of H-pyrrole nitrogens is 1. The Kier molecular flexibility index (Phi) is 5.51. The average Bonchev–Trinajstić information content (AvgIpc) is 3.42. The zero-order valence-electron chi connectivity index (χ0n) is 17.2. The molecule has 168 valence electrons. The third kappa shape index (κ3) is 3.94. The summed E-state index contributed by atoms with van der Waals surface area (Å²) in [5, 5.41) is 4.52. The summed E-state index contributed by atoms with van der Waals surface area (Å²) in [6.45, 7) is 1.63. The number of aromatic nitrogens is 5. The molecule has 1 aliphatic rings. The van der Waals surface area contributed by atoms with Crippen LogP contribution in [0.1, 0.15) is 31.1 Å². The van der Waals surface area contributed by atoms with Crippen molar-refractivity contribution in [2.75, 3.05) is 0 Å². The van der Waals surface area contributed by atoms with Crippen LogP contribution in [-0.4, -0.2) is 30.7 Å². The zero-order chi connectivity index (χ0) is 23.1. The minimum atomic E-state index is -0.816. The smallest absolute Gasteiger partial charge is 0.360 e. The van der Waals surface area contributed by atoms with Gasteiger partial charge in [-0.3, -0.25) is 14.7 Å². The van der Waals surface area contributed by atoms with Crippen molar-refractivity contribution in [3.05, 3.63) is 81.0 Å². The van der Waals surface area contributed by atoms with E-state index in [4.69, 9.17) is 28.0 Å². The molecule has 1 aromatic carbocycles. The van der Waals surface area contributed by atoms with Gasteiger partial charge in [-0.05, 0) is 31.2 Å². The Hall–Kier alpha value is -3.43. The van der Waals surface area contributed by atoms with Crippen LogP contribution in [0, 0.1) is 5.82 Å². The van der Waals surface area contributed by atoms with E-state index in [1.807, 2.05) is 23.2 Å². The zero-order valence-corrected chi connectivity index (χ0v) is 18.8. The van der Waals surface area contributed by atoms with E-state index in [0.29, 0.717) is 11.2 Å². The fourth-order valence-corrected chi connectivity index (χ4v) is 4.35. The topological polar surface area (TPSA) is 90.1 Å². The first-order chi connectivity index (χ1) is 15.9. The summed E-state index contributed by atoms with van der Waals surface area (Å²) in [5.74, 6) is -0.627. The number of allylic oxidation sites excluding steroid dienone is 1. The lowest BCUT2D eigenvalue weighted by Gasteiger charge is -2.17. The summed E-state index contributed by atoms with van der Waals surface area (Å²) in [7, 11) is 0. The fourth-order valence-electron chi connectivity index (χ4n) is 3.68. The molecule has 33 heavy (non-hydrogen) atoms. The van der Waals surface area contributed by atoms with Crippen LogP contribution in [0.4, 0.5) is 4.39 Å².